The summed E-state index contributed by atoms with van der Waals surface area (Å²) in [6, 6.07) is 2.25. The quantitative estimate of drug-likeness (QED) is 0.782. The van der Waals surface area contributed by atoms with E-state index in [0.29, 0.717) is 0 Å². The van der Waals surface area contributed by atoms with Crippen LogP contribution in [0.2, 0.25) is 0 Å². The Kier molecular flexibility index (Phi) is 5.56. The van der Waals surface area contributed by atoms with E-state index in [1.165, 1.54) is 63.4 Å². The summed E-state index contributed by atoms with van der Waals surface area (Å²) in [4.78, 5) is 12.2. The first-order valence-corrected chi connectivity index (χ1v) is 10.0. The molecule has 122 valence electrons. The number of hydrogen-bond donors (Lipinski definition) is 1. The van der Waals surface area contributed by atoms with Gasteiger partial charge in [0.2, 0.25) is 5.91 Å². The van der Waals surface area contributed by atoms with Crippen LogP contribution in [-0.2, 0) is 10.2 Å². The normalized spacial score (nSPS) is 21.8. The fourth-order valence-corrected chi connectivity index (χ4v) is 5.13. The molecule has 22 heavy (non-hydrogen) atoms. The lowest BCUT2D eigenvalue weighted by molar-refractivity contribution is -0.121. The second-order valence-electron chi connectivity index (χ2n) is 7.32. The van der Waals surface area contributed by atoms with Crippen LogP contribution in [0.15, 0.2) is 16.8 Å². The van der Waals surface area contributed by atoms with Crippen molar-refractivity contribution >= 4 is 17.2 Å². The average molecular weight is 320 g/mol. The van der Waals surface area contributed by atoms with Crippen molar-refractivity contribution in [1.82, 2.24) is 5.32 Å². The van der Waals surface area contributed by atoms with Gasteiger partial charge in [-0.25, -0.2) is 0 Å². The van der Waals surface area contributed by atoms with Gasteiger partial charge < -0.3 is 5.32 Å². The van der Waals surface area contributed by atoms with Crippen molar-refractivity contribution in [3.05, 3.63) is 22.4 Å². The Morgan fingerprint density at radius 3 is 2.64 bits per heavy atom. The minimum Gasteiger partial charge on any atom is -0.355 e. The van der Waals surface area contributed by atoms with Crippen LogP contribution in [0.4, 0.5) is 0 Å². The van der Waals surface area contributed by atoms with Crippen LogP contribution in [0, 0.1) is 5.92 Å². The molecule has 2 fully saturated rings. The molecule has 0 aromatic carbocycles. The first kappa shape index (κ1) is 16.0. The Morgan fingerprint density at radius 1 is 1.18 bits per heavy atom. The summed E-state index contributed by atoms with van der Waals surface area (Å²) in [5.74, 6) is 1.07. The third-order valence-corrected chi connectivity index (χ3v) is 6.51. The lowest BCUT2D eigenvalue weighted by Crippen LogP contribution is -2.38. The molecule has 2 saturated carbocycles. The third-order valence-electron chi connectivity index (χ3n) is 5.82. The summed E-state index contributed by atoms with van der Waals surface area (Å²) in [5, 5.41) is 7.70. The first-order chi connectivity index (χ1) is 10.8. The summed E-state index contributed by atoms with van der Waals surface area (Å²) >= 11 is 1.78. The van der Waals surface area contributed by atoms with E-state index in [2.05, 4.69) is 22.1 Å². The summed E-state index contributed by atoms with van der Waals surface area (Å²) in [6.45, 7) is 0.841. The van der Waals surface area contributed by atoms with E-state index in [0.717, 1.165) is 25.3 Å². The molecule has 0 saturated heterocycles. The zero-order chi connectivity index (χ0) is 15.3. The van der Waals surface area contributed by atoms with E-state index in [1.807, 2.05) is 0 Å². The largest absolute Gasteiger partial charge is 0.355 e. The Hall–Kier alpha value is -0.830. The molecule has 0 radical (unpaired) electrons. The summed E-state index contributed by atoms with van der Waals surface area (Å²) in [6.07, 6.45) is 13.7. The van der Waals surface area contributed by atoms with E-state index >= 15 is 0 Å². The number of thiophene rings is 1. The van der Waals surface area contributed by atoms with Crippen LogP contribution in [0.25, 0.3) is 0 Å². The monoisotopic (exact) mass is 319 g/mol. The van der Waals surface area contributed by atoms with Crippen LogP contribution in [0.1, 0.15) is 76.2 Å². The van der Waals surface area contributed by atoms with Crippen LogP contribution in [0.3, 0.4) is 0 Å². The average Bonchev–Trinajstić information content (AvgIpc) is 3.24. The number of amides is 1. The van der Waals surface area contributed by atoms with Crippen molar-refractivity contribution in [2.24, 2.45) is 5.92 Å². The van der Waals surface area contributed by atoms with Gasteiger partial charge in [-0.05, 0) is 47.6 Å². The molecule has 0 unspecified atom stereocenters. The summed E-state index contributed by atoms with van der Waals surface area (Å²) in [7, 11) is 0. The van der Waals surface area contributed by atoms with Gasteiger partial charge in [0, 0.05) is 18.4 Å². The van der Waals surface area contributed by atoms with Gasteiger partial charge in [-0.1, -0.05) is 44.9 Å². The first-order valence-electron chi connectivity index (χ1n) is 9.08. The predicted octanol–water partition coefficient (Wildman–Crippen LogP) is 5.04. The predicted molar refractivity (Wildman–Crippen MR) is 93.3 cm³/mol. The maximum absolute atomic E-state index is 12.2. The van der Waals surface area contributed by atoms with Gasteiger partial charge in [-0.15, -0.1) is 0 Å². The molecule has 0 aliphatic heterocycles. The van der Waals surface area contributed by atoms with Gasteiger partial charge in [0.05, 0.1) is 0 Å². The molecule has 2 aliphatic carbocycles. The Balaban J connectivity index is 1.47. The molecule has 3 heteroatoms. The molecule has 2 nitrogen and oxygen atoms in total. The second-order valence-corrected chi connectivity index (χ2v) is 8.10. The van der Waals surface area contributed by atoms with Gasteiger partial charge in [0.25, 0.3) is 0 Å². The highest BCUT2D eigenvalue weighted by Gasteiger charge is 2.36. The van der Waals surface area contributed by atoms with Gasteiger partial charge in [0.15, 0.2) is 0 Å². The van der Waals surface area contributed by atoms with Crippen molar-refractivity contribution in [1.29, 1.82) is 0 Å². The topological polar surface area (TPSA) is 29.1 Å². The zero-order valence-electron chi connectivity index (χ0n) is 13.6. The molecular formula is C19H29NOS. The van der Waals surface area contributed by atoms with E-state index in [9.17, 15) is 4.79 Å². The van der Waals surface area contributed by atoms with Crippen molar-refractivity contribution in [2.45, 2.75) is 76.0 Å². The maximum Gasteiger partial charge on any atom is 0.220 e. The fraction of sp³-hybridized carbons (Fsp3) is 0.737. The summed E-state index contributed by atoms with van der Waals surface area (Å²) in [5.41, 5.74) is 1.67. The second kappa shape index (κ2) is 7.63. The van der Waals surface area contributed by atoms with Crippen LogP contribution < -0.4 is 5.32 Å². The van der Waals surface area contributed by atoms with Crippen LogP contribution in [-0.4, -0.2) is 12.5 Å². The van der Waals surface area contributed by atoms with Crippen LogP contribution >= 0.6 is 11.3 Å². The molecule has 1 aromatic heterocycles. The van der Waals surface area contributed by atoms with Gasteiger partial charge >= 0.3 is 0 Å². The Bertz CT molecular complexity index is 456. The zero-order valence-corrected chi connectivity index (χ0v) is 14.4. The number of nitrogens with one attached hydrogen (secondary N) is 1. The molecule has 1 heterocycles. The number of carbonyl (C=O) groups is 1. The molecule has 3 rings (SSSR count). The number of hydrogen-bond acceptors (Lipinski definition) is 2. The maximum atomic E-state index is 12.2. The highest BCUT2D eigenvalue weighted by Crippen LogP contribution is 2.41. The molecule has 0 spiro atoms. The van der Waals surface area contributed by atoms with Gasteiger partial charge in [0.1, 0.15) is 0 Å². The molecule has 1 N–H and O–H groups in total. The van der Waals surface area contributed by atoms with Crippen molar-refractivity contribution < 1.29 is 4.79 Å². The van der Waals surface area contributed by atoms with Crippen molar-refractivity contribution in [2.75, 3.05) is 6.54 Å². The molecular weight excluding hydrogens is 290 g/mol. The van der Waals surface area contributed by atoms with Crippen LogP contribution in [0.5, 0.6) is 0 Å². The summed E-state index contributed by atoms with van der Waals surface area (Å²) < 4.78 is 0. The number of carbonyl (C=O) groups excluding carboxylic acids is 1. The molecule has 1 amide bonds. The smallest absolute Gasteiger partial charge is 0.220 e. The van der Waals surface area contributed by atoms with E-state index in [-0.39, 0.29) is 11.3 Å². The lowest BCUT2D eigenvalue weighted by Gasteiger charge is -2.29. The van der Waals surface area contributed by atoms with E-state index in [1.54, 1.807) is 11.3 Å². The molecule has 1 aromatic rings. The molecule has 0 bridgehead atoms. The Morgan fingerprint density at radius 2 is 1.95 bits per heavy atom. The minimum atomic E-state index is 0.223. The van der Waals surface area contributed by atoms with E-state index < -0.39 is 0 Å². The number of rotatable bonds is 6. The van der Waals surface area contributed by atoms with E-state index in [4.69, 9.17) is 0 Å². The van der Waals surface area contributed by atoms with Crippen molar-refractivity contribution in [3.8, 4) is 0 Å². The van der Waals surface area contributed by atoms with Gasteiger partial charge in [-0.3, -0.25) is 4.79 Å². The molecule has 0 atom stereocenters. The minimum absolute atomic E-state index is 0.223. The molecule has 2 aliphatic rings. The van der Waals surface area contributed by atoms with Gasteiger partial charge in [-0.2, -0.15) is 11.3 Å². The Labute approximate surface area is 138 Å². The standard InChI is InChI=1S/C19H29NOS/c21-18(9-8-16-6-2-1-3-7-16)20-15-19(11-4-5-12-19)17-10-13-22-14-17/h10,13-14,16H,1-9,11-12,15H2,(H,20,21). The highest BCUT2D eigenvalue weighted by atomic mass is 32.1. The lowest BCUT2D eigenvalue weighted by atomic mass is 9.80. The van der Waals surface area contributed by atoms with Crippen molar-refractivity contribution in [3.63, 3.8) is 0 Å². The SMILES string of the molecule is O=C(CCC1CCCCC1)NCC1(c2ccsc2)CCCC1. The third kappa shape index (κ3) is 3.92. The highest BCUT2D eigenvalue weighted by molar-refractivity contribution is 7.08. The fourth-order valence-electron chi connectivity index (χ4n) is 4.35.